The molecule has 0 amide bonds. The fraction of sp³-hybridized carbons (Fsp3) is 0.533. The molecule has 2 unspecified atom stereocenters. The molecule has 0 radical (unpaired) electrons. The number of aromatic nitrogens is 2. The number of hydrogen-bond donors (Lipinski definition) is 1. The number of nitrogens with zero attached hydrogens (tertiary/aromatic N) is 3. The standard InChI is InChI=1S/C15H22N4/c1-10-9-18(3)7-6-14(10)19-11(2)17-13-8-12(16)4-5-15(13)19/h4-5,8,10,14H,6-7,9,16H2,1-3H3. The van der Waals surface area contributed by atoms with Crippen molar-refractivity contribution in [1.29, 1.82) is 0 Å². The maximum absolute atomic E-state index is 5.85. The van der Waals surface area contributed by atoms with E-state index < -0.39 is 0 Å². The topological polar surface area (TPSA) is 47.1 Å². The van der Waals surface area contributed by atoms with E-state index >= 15 is 0 Å². The van der Waals surface area contributed by atoms with Crippen LogP contribution in [0.5, 0.6) is 0 Å². The molecule has 0 aliphatic carbocycles. The first-order valence-corrected chi connectivity index (χ1v) is 6.99. The number of aryl methyl sites for hydroxylation is 1. The van der Waals surface area contributed by atoms with Crippen molar-refractivity contribution < 1.29 is 0 Å². The van der Waals surface area contributed by atoms with Gasteiger partial charge in [-0.05, 0) is 51.1 Å². The van der Waals surface area contributed by atoms with E-state index in [2.05, 4.69) is 41.4 Å². The van der Waals surface area contributed by atoms with Crippen molar-refractivity contribution in [3.63, 3.8) is 0 Å². The van der Waals surface area contributed by atoms with Gasteiger partial charge in [0.05, 0.1) is 11.0 Å². The summed E-state index contributed by atoms with van der Waals surface area (Å²) in [6.07, 6.45) is 1.19. The summed E-state index contributed by atoms with van der Waals surface area (Å²) in [6, 6.07) is 6.60. The van der Waals surface area contributed by atoms with Crippen LogP contribution >= 0.6 is 0 Å². The first-order valence-electron chi connectivity index (χ1n) is 6.99. The molecule has 1 fully saturated rings. The molecule has 1 aromatic heterocycles. The Labute approximate surface area is 114 Å². The molecule has 0 saturated carbocycles. The zero-order chi connectivity index (χ0) is 13.6. The van der Waals surface area contributed by atoms with Crippen LogP contribution in [-0.2, 0) is 0 Å². The zero-order valence-electron chi connectivity index (χ0n) is 11.9. The Bertz CT molecular complexity index is 601. The Kier molecular flexibility index (Phi) is 2.97. The average molecular weight is 258 g/mol. The third-order valence-electron chi connectivity index (χ3n) is 4.28. The van der Waals surface area contributed by atoms with E-state index in [-0.39, 0.29) is 0 Å². The van der Waals surface area contributed by atoms with E-state index in [1.165, 1.54) is 11.9 Å². The number of nitrogen functional groups attached to an aromatic ring is 1. The predicted molar refractivity (Wildman–Crippen MR) is 79.2 cm³/mol. The van der Waals surface area contributed by atoms with Crippen LogP contribution in [0.2, 0.25) is 0 Å². The van der Waals surface area contributed by atoms with Crippen LogP contribution in [0.3, 0.4) is 0 Å². The highest BCUT2D eigenvalue weighted by molar-refractivity contribution is 5.79. The number of anilines is 1. The van der Waals surface area contributed by atoms with E-state index in [9.17, 15) is 0 Å². The van der Waals surface area contributed by atoms with Crippen molar-refractivity contribution in [2.75, 3.05) is 25.9 Å². The number of imidazole rings is 1. The first-order chi connectivity index (χ1) is 9.06. The number of rotatable bonds is 1. The Morgan fingerprint density at radius 1 is 1.37 bits per heavy atom. The number of hydrogen-bond acceptors (Lipinski definition) is 3. The molecule has 102 valence electrons. The van der Waals surface area contributed by atoms with Crippen LogP contribution in [-0.4, -0.2) is 34.6 Å². The van der Waals surface area contributed by atoms with Crippen LogP contribution in [0.4, 0.5) is 5.69 Å². The highest BCUT2D eigenvalue weighted by atomic mass is 15.2. The van der Waals surface area contributed by atoms with E-state index in [4.69, 9.17) is 5.73 Å². The Morgan fingerprint density at radius 2 is 2.16 bits per heavy atom. The van der Waals surface area contributed by atoms with E-state index in [1.54, 1.807) is 0 Å². The van der Waals surface area contributed by atoms with Crippen LogP contribution in [0.25, 0.3) is 11.0 Å². The molecule has 4 nitrogen and oxygen atoms in total. The molecule has 3 rings (SSSR count). The van der Waals surface area contributed by atoms with E-state index in [1.807, 2.05) is 12.1 Å². The minimum absolute atomic E-state index is 0.546. The van der Waals surface area contributed by atoms with Crippen molar-refractivity contribution in [2.45, 2.75) is 26.3 Å². The number of nitrogens with two attached hydrogens (primary N) is 1. The molecule has 1 aliphatic heterocycles. The lowest BCUT2D eigenvalue weighted by atomic mass is 9.93. The van der Waals surface area contributed by atoms with Gasteiger partial charge in [0.15, 0.2) is 0 Å². The van der Waals surface area contributed by atoms with Crippen molar-refractivity contribution in [1.82, 2.24) is 14.5 Å². The summed E-state index contributed by atoms with van der Waals surface area (Å²) < 4.78 is 2.41. The van der Waals surface area contributed by atoms with Gasteiger partial charge in [-0.1, -0.05) is 6.92 Å². The summed E-state index contributed by atoms with van der Waals surface area (Å²) in [5, 5.41) is 0. The fourth-order valence-electron chi connectivity index (χ4n) is 3.38. The average Bonchev–Trinajstić information content (AvgIpc) is 2.65. The van der Waals surface area contributed by atoms with Crippen LogP contribution in [0.1, 0.15) is 25.2 Å². The quantitative estimate of drug-likeness (QED) is 0.799. The van der Waals surface area contributed by atoms with Gasteiger partial charge in [0.2, 0.25) is 0 Å². The molecule has 2 heterocycles. The Hall–Kier alpha value is -1.55. The molecule has 2 atom stereocenters. The van der Waals surface area contributed by atoms with E-state index in [0.29, 0.717) is 12.0 Å². The van der Waals surface area contributed by atoms with E-state index in [0.717, 1.165) is 30.1 Å². The lowest BCUT2D eigenvalue weighted by molar-refractivity contribution is 0.160. The molecular formula is C15H22N4. The molecule has 2 N–H and O–H groups in total. The largest absolute Gasteiger partial charge is 0.399 e. The maximum atomic E-state index is 5.85. The highest BCUT2D eigenvalue weighted by Crippen LogP contribution is 2.32. The molecule has 1 saturated heterocycles. The summed E-state index contributed by atoms with van der Waals surface area (Å²) in [5.41, 5.74) is 8.87. The Morgan fingerprint density at radius 3 is 2.89 bits per heavy atom. The minimum atomic E-state index is 0.546. The second-order valence-electron chi connectivity index (χ2n) is 5.87. The van der Waals surface area contributed by atoms with Crippen LogP contribution in [0, 0.1) is 12.8 Å². The van der Waals surface area contributed by atoms with Gasteiger partial charge in [-0.15, -0.1) is 0 Å². The molecule has 0 spiro atoms. The fourth-order valence-corrected chi connectivity index (χ4v) is 3.38. The molecule has 4 heteroatoms. The molecule has 1 aromatic carbocycles. The van der Waals surface area contributed by atoms with Crippen molar-refractivity contribution in [3.8, 4) is 0 Å². The van der Waals surface area contributed by atoms with Gasteiger partial charge in [-0.2, -0.15) is 0 Å². The third kappa shape index (κ3) is 2.10. The smallest absolute Gasteiger partial charge is 0.106 e. The number of piperidine rings is 1. The molecule has 19 heavy (non-hydrogen) atoms. The normalized spacial score (nSPS) is 25.0. The van der Waals surface area contributed by atoms with Crippen LogP contribution < -0.4 is 5.73 Å². The third-order valence-corrected chi connectivity index (χ3v) is 4.28. The second-order valence-corrected chi connectivity index (χ2v) is 5.87. The number of likely N-dealkylation sites (tertiary alicyclic amines) is 1. The van der Waals surface area contributed by atoms with Crippen LogP contribution in [0.15, 0.2) is 18.2 Å². The lowest BCUT2D eigenvalue weighted by Crippen LogP contribution is -2.38. The predicted octanol–water partition coefficient (Wildman–Crippen LogP) is 2.44. The summed E-state index contributed by atoms with van der Waals surface area (Å²) >= 11 is 0. The summed E-state index contributed by atoms with van der Waals surface area (Å²) in [6.45, 7) is 6.74. The number of benzene rings is 1. The van der Waals surface area contributed by atoms with Crippen molar-refractivity contribution >= 4 is 16.7 Å². The zero-order valence-corrected chi connectivity index (χ0v) is 11.9. The first kappa shape index (κ1) is 12.5. The molecular weight excluding hydrogens is 236 g/mol. The Balaban J connectivity index is 2.07. The van der Waals surface area contributed by atoms with Gasteiger partial charge < -0.3 is 15.2 Å². The second kappa shape index (κ2) is 4.53. The van der Waals surface area contributed by atoms with Crippen molar-refractivity contribution in [2.24, 2.45) is 5.92 Å². The van der Waals surface area contributed by atoms with Gasteiger partial charge in [0.25, 0.3) is 0 Å². The van der Waals surface area contributed by atoms with Crippen molar-refractivity contribution in [3.05, 3.63) is 24.0 Å². The summed E-state index contributed by atoms with van der Waals surface area (Å²) in [7, 11) is 2.20. The SMILES string of the molecule is Cc1nc2cc(N)ccc2n1C1CCN(C)CC1C. The maximum Gasteiger partial charge on any atom is 0.106 e. The highest BCUT2D eigenvalue weighted by Gasteiger charge is 2.27. The lowest BCUT2D eigenvalue weighted by Gasteiger charge is -2.36. The monoisotopic (exact) mass is 258 g/mol. The van der Waals surface area contributed by atoms with Gasteiger partial charge in [-0.3, -0.25) is 0 Å². The molecule has 0 bridgehead atoms. The minimum Gasteiger partial charge on any atom is -0.399 e. The summed E-state index contributed by atoms with van der Waals surface area (Å²) in [5.74, 6) is 1.74. The molecule has 1 aliphatic rings. The van der Waals surface area contributed by atoms with Gasteiger partial charge >= 0.3 is 0 Å². The summed E-state index contributed by atoms with van der Waals surface area (Å²) in [4.78, 5) is 7.08. The number of fused-ring (bicyclic) bond motifs is 1. The van der Waals surface area contributed by atoms with Gasteiger partial charge in [0, 0.05) is 18.3 Å². The molecule has 2 aromatic rings. The van der Waals surface area contributed by atoms with Gasteiger partial charge in [0.1, 0.15) is 5.82 Å². The van der Waals surface area contributed by atoms with Gasteiger partial charge in [-0.25, -0.2) is 4.98 Å².